The molecule has 4 heterocycles. The third-order valence-corrected chi connectivity index (χ3v) is 7.31. The van der Waals surface area contributed by atoms with Crippen LogP contribution in [0.5, 0.6) is 0 Å². The van der Waals surface area contributed by atoms with Crippen molar-refractivity contribution in [1.29, 1.82) is 0 Å². The summed E-state index contributed by atoms with van der Waals surface area (Å²) < 4.78 is 10.7. The number of hydrogen-bond donors (Lipinski definition) is 0. The number of pyridine rings is 2. The van der Waals surface area contributed by atoms with Crippen LogP contribution >= 0.6 is 0 Å². The van der Waals surface area contributed by atoms with Gasteiger partial charge in [-0.25, -0.2) is 0 Å². The monoisotopic (exact) mass is 432 g/mol. The summed E-state index contributed by atoms with van der Waals surface area (Å²) in [5.74, 6) is 0.640. The summed E-state index contributed by atoms with van der Waals surface area (Å²) in [7, 11) is 0. The molecule has 2 aromatic heterocycles. The first-order valence-corrected chi connectivity index (χ1v) is 12.7. The van der Waals surface area contributed by atoms with Gasteiger partial charge in [0.25, 0.3) is 0 Å². The van der Waals surface area contributed by atoms with E-state index in [1.165, 1.54) is 84.4 Å². The molecule has 0 bridgehead atoms. The first kappa shape index (κ1) is 21.8. The molecule has 4 heteroatoms. The molecule has 4 nitrogen and oxygen atoms in total. The summed E-state index contributed by atoms with van der Waals surface area (Å²) in [6, 6.07) is 9.01. The zero-order valence-electron chi connectivity index (χ0n) is 19.3. The van der Waals surface area contributed by atoms with Gasteiger partial charge in [-0.1, -0.05) is 18.2 Å². The standard InChI is InChI=1S/C14H19NO.C14H17NO/c2*1-2-4-13-11(3-1)5-6-14(15-13)12-7-9-16-10-8-12/h5-6,12H,1-4,7-10H2;5-7H,1-4,8-10H2. The number of fused-ring (bicyclic) bond motifs is 2. The van der Waals surface area contributed by atoms with Gasteiger partial charge < -0.3 is 9.47 Å². The van der Waals surface area contributed by atoms with E-state index in [9.17, 15) is 0 Å². The lowest BCUT2D eigenvalue weighted by molar-refractivity contribution is 0.0844. The first-order chi connectivity index (χ1) is 15.9. The van der Waals surface area contributed by atoms with Gasteiger partial charge in [0, 0.05) is 36.2 Å². The van der Waals surface area contributed by atoms with Crippen molar-refractivity contribution in [3.63, 3.8) is 0 Å². The predicted molar refractivity (Wildman–Crippen MR) is 128 cm³/mol. The van der Waals surface area contributed by atoms with Crippen molar-refractivity contribution in [2.75, 3.05) is 26.4 Å². The molecular weight excluding hydrogens is 396 g/mol. The number of ether oxygens (including phenoxy) is 2. The second-order valence-corrected chi connectivity index (χ2v) is 9.50. The number of nitrogens with zero attached hydrogens (tertiary/aromatic N) is 2. The molecular formula is C28H36N2O2. The molecule has 0 amide bonds. The lowest BCUT2D eigenvalue weighted by Crippen LogP contribution is -2.16. The van der Waals surface area contributed by atoms with Gasteiger partial charge in [0.1, 0.15) is 0 Å². The maximum Gasteiger partial charge on any atom is 0.0663 e. The van der Waals surface area contributed by atoms with Crippen LogP contribution in [-0.4, -0.2) is 36.4 Å². The van der Waals surface area contributed by atoms with Crippen molar-refractivity contribution in [2.24, 2.45) is 0 Å². The van der Waals surface area contributed by atoms with Crippen molar-refractivity contribution < 1.29 is 9.47 Å². The Labute approximate surface area is 192 Å². The van der Waals surface area contributed by atoms with E-state index in [0.29, 0.717) is 5.92 Å². The second kappa shape index (κ2) is 10.7. The molecule has 0 aromatic carbocycles. The van der Waals surface area contributed by atoms with E-state index in [-0.39, 0.29) is 0 Å². The topological polar surface area (TPSA) is 44.2 Å². The third-order valence-electron chi connectivity index (χ3n) is 7.31. The minimum Gasteiger partial charge on any atom is -0.381 e. The van der Waals surface area contributed by atoms with Gasteiger partial charge in [-0.15, -0.1) is 0 Å². The fourth-order valence-corrected chi connectivity index (χ4v) is 5.34. The maximum absolute atomic E-state index is 5.41. The van der Waals surface area contributed by atoms with Crippen LogP contribution in [0.2, 0.25) is 0 Å². The summed E-state index contributed by atoms with van der Waals surface area (Å²) in [5, 5.41) is 0. The molecule has 4 aliphatic rings. The van der Waals surface area contributed by atoms with E-state index < -0.39 is 0 Å². The van der Waals surface area contributed by atoms with Crippen LogP contribution in [0.3, 0.4) is 0 Å². The molecule has 170 valence electrons. The Hall–Kier alpha value is -2.04. The van der Waals surface area contributed by atoms with E-state index in [4.69, 9.17) is 19.4 Å². The first-order valence-electron chi connectivity index (χ1n) is 12.7. The van der Waals surface area contributed by atoms with Gasteiger partial charge >= 0.3 is 0 Å². The van der Waals surface area contributed by atoms with Gasteiger partial charge in [-0.05, 0) is 99.5 Å². The number of aryl methyl sites for hydroxylation is 4. The summed E-state index contributed by atoms with van der Waals surface area (Å²) in [4.78, 5) is 9.69. The van der Waals surface area contributed by atoms with E-state index in [0.717, 1.165) is 52.1 Å². The van der Waals surface area contributed by atoms with Crippen molar-refractivity contribution >= 4 is 5.57 Å². The SMILES string of the molecule is C1=C(c2ccc3c(n2)CCCC3)CCOC1.c1cc2c(nc1C1CCOCC1)CCCC2. The zero-order chi connectivity index (χ0) is 21.6. The van der Waals surface area contributed by atoms with E-state index in [1.54, 1.807) is 0 Å². The molecule has 2 aliphatic heterocycles. The highest BCUT2D eigenvalue weighted by atomic mass is 16.5. The molecule has 1 saturated heterocycles. The molecule has 2 aromatic rings. The summed E-state index contributed by atoms with van der Waals surface area (Å²) >= 11 is 0. The molecule has 1 fully saturated rings. The van der Waals surface area contributed by atoms with Crippen LogP contribution in [0.4, 0.5) is 0 Å². The van der Waals surface area contributed by atoms with Crippen LogP contribution < -0.4 is 0 Å². The molecule has 32 heavy (non-hydrogen) atoms. The molecule has 0 radical (unpaired) electrons. The molecule has 0 saturated carbocycles. The zero-order valence-corrected chi connectivity index (χ0v) is 19.3. The molecule has 0 atom stereocenters. The van der Waals surface area contributed by atoms with Gasteiger partial charge in [-0.2, -0.15) is 0 Å². The van der Waals surface area contributed by atoms with Crippen molar-refractivity contribution in [2.45, 2.75) is 76.5 Å². The van der Waals surface area contributed by atoms with E-state index >= 15 is 0 Å². The molecule has 0 unspecified atom stereocenters. The number of aromatic nitrogens is 2. The number of rotatable bonds is 2. The highest BCUT2D eigenvalue weighted by Crippen LogP contribution is 2.28. The van der Waals surface area contributed by atoms with Crippen LogP contribution in [0.25, 0.3) is 5.57 Å². The minimum atomic E-state index is 0.640. The van der Waals surface area contributed by atoms with Crippen LogP contribution in [-0.2, 0) is 35.2 Å². The van der Waals surface area contributed by atoms with Crippen molar-refractivity contribution in [1.82, 2.24) is 9.97 Å². The minimum absolute atomic E-state index is 0.640. The summed E-state index contributed by atoms with van der Waals surface area (Å²) in [6.45, 7) is 3.39. The summed E-state index contributed by atoms with van der Waals surface area (Å²) in [6.07, 6.45) is 15.5. The van der Waals surface area contributed by atoms with Crippen molar-refractivity contribution in [3.8, 4) is 0 Å². The summed E-state index contributed by atoms with van der Waals surface area (Å²) in [5.41, 5.74) is 9.49. The van der Waals surface area contributed by atoms with Gasteiger partial charge in [0.2, 0.25) is 0 Å². The fraction of sp³-hybridized carbons (Fsp3) is 0.571. The quantitative estimate of drug-likeness (QED) is 0.618. The lowest BCUT2D eigenvalue weighted by Gasteiger charge is -2.23. The predicted octanol–water partition coefficient (Wildman–Crippen LogP) is 5.62. The van der Waals surface area contributed by atoms with Crippen LogP contribution in [0, 0.1) is 0 Å². The highest BCUT2D eigenvalue weighted by molar-refractivity contribution is 5.63. The highest BCUT2D eigenvalue weighted by Gasteiger charge is 2.19. The largest absolute Gasteiger partial charge is 0.381 e. The average molecular weight is 433 g/mol. The Morgan fingerprint density at radius 2 is 1.34 bits per heavy atom. The van der Waals surface area contributed by atoms with E-state index in [1.807, 2.05) is 0 Å². The van der Waals surface area contributed by atoms with Crippen LogP contribution in [0.15, 0.2) is 30.3 Å². The van der Waals surface area contributed by atoms with E-state index in [2.05, 4.69) is 30.3 Å². The molecule has 2 aliphatic carbocycles. The Morgan fingerprint density at radius 3 is 2.06 bits per heavy atom. The molecule has 0 spiro atoms. The lowest BCUT2D eigenvalue weighted by atomic mass is 9.92. The number of hydrogen-bond acceptors (Lipinski definition) is 4. The normalized spacial score (nSPS) is 20.9. The van der Waals surface area contributed by atoms with Crippen molar-refractivity contribution in [3.05, 3.63) is 64.2 Å². The molecule has 6 rings (SSSR count). The Balaban J connectivity index is 0.000000135. The van der Waals surface area contributed by atoms with Gasteiger partial charge in [0.05, 0.1) is 18.9 Å². The Kier molecular flexibility index (Phi) is 7.30. The second-order valence-electron chi connectivity index (χ2n) is 9.50. The Bertz CT molecular complexity index is 946. The average Bonchev–Trinajstić information content (AvgIpc) is 2.89. The van der Waals surface area contributed by atoms with Gasteiger partial charge in [0.15, 0.2) is 0 Å². The maximum atomic E-state index is 5.41. The van der Waals surface area contributed by atoms with Gasteiger partial charge in [-0.3, -0.25) is 9.97 Å². The fourth-order valence-electron chi connectivity index (χ4n) is 5.34. The smallest absolute Gasteiger partial charge is 0.0663 e. The molecule has 0 N–H and O–H groups in total. The Morgan fingerprint density at radius 1 is 0.656 bits per heavy atom. The van der Waals surface area contributed by atoms with Crippen LogP contribution in [0.1, 0.15) is 84.8 Å². The third kappa shape index (κ3) is 5.29.